The molecule has 4 heterocycles. The molecule has 26 heavy (non-hydrogen) atoms. The van der Waals surface area contributed by atoms with Crippen molar-refractivity contribution in [3.8, 4) is 21.9 Å². The van der Waals surface area contributed by atoms with E-state index in [2.05, 4.69) is 10.3 Å². The molecule has 1 aliphatic heterocycles. The van der Waals surface area contributed by atoms with E-state index in [0.29, 0.717) is 6.54 Å². The van der Waals surface area contributed by atoms with E-state index in [9.17, 15) is 4.79 Å². The van der Waals surface area contributed by atoms with E-state index < -0.39 is 0 Å². The van der Waals surface area contributed by atoms with Gasteiger partial charge in [0.2, 0.25) is 5.91 Å². The molecule has 0 spiro atoms. The van der Waals surface area contributed by atoms with Gasteiger partial charge < -0.3 is 14.6 Å². The van der Waals surface area contributed by atoms with Crippen molar-refractivity contribution in [2.24, 2.45) is 0 Å². The molecule has 3 aromatic rings. The number of anilines is 1. The van der Waals surface area contributed by atoms with E-state index >= 15 is 0 Å². The number of hydrogen-bond donors (Lipinski definition) is 1. The maximum atomic E-state index is 11.3. The van der Waals surface area contributed by atoms with Crippen molar-refractivity contribution in [2.45, 2.75) is 6.92 Å². The summed E-state index contributed by atoms with van der Waals surface area (Å²) >= 11 is 1.57. The van der Waals surface area contributed by atoms with Crippen LogP contribution in [0.5, 0.6) is 0 Å². The Morgan fingerprint density at radius 3 is 2.88 bits per heavy atom. The van der Waals surface area contributed by atoms with Gasteiger partial charge in [-0.3, -0.25) is 9.78 Å². The van der Waals surface area contributed by atoms with Crippen molar-refractivity contribution in [1.82, 2.24) is 15.3 Å². The summed E-state index contributed by atoms with van der Waals surface area (Å²) in [5.41, 5.74) is 2.67. The summed E-state index contributed by atoms with van der Waals surface area (Å²) in [6.07, 6.45) is 10.9. The number of aromatic nitrogens is 2. The standard InChI is InChI=1S/C19H16N4O2S/c1-13(24)21-15-4-2-10-23(12-15)19-22-17(16-5-3-11-25-16)18(26-19)14-6-8-20-9-7-14/h2-11H,12H2,1H3,(H,21,24). The Bertz CT molecular complexity index is 974. The maximum absolute atomic E-state index is 11.3. The van der Waals surface area contributed by atoms with Crippen LogP contribution in [0, 0.1) is 0 Å². The second kappa shape index (κ2) is 6.97. The van der Waals surface area contributed by atoms with Crippen LogP contribution in [-0.4, -0.2) is 22.4 Å². The zero-order valence-electron chi connectivity index (χ0n) is 14.0. The minimum Gasteiger partial charge on any atom is -0.463 e. The summed E-state index contributed by atoms with van der Waals surface area (Å²) in [6, 6.07) is 7.66. The second-order valence-corrected chi connectivity index (χ2v) is 6.71. The molecule has 0 saturated heterocycles. The lowest BCUT2D eigenvalue weighted by atomic mass is 10.2. The third-order valence-corrected chi connectivity index (χ3v) is 4.94. The monoisotopic (exact) mass is 364 g/mol. The van der Waals surface area contributed by atoms with Crippen LogP contribution in [0.3, 0.4) is 0 Å². The van der Waals surface area contributed by atoms with E-state index in [4.69, 9.17) is 9.40 Å². The van der Waals surface area contributed by atoms with Crippen molar-refractivity contribution in [3.05, 3.63) is 67.0 Å². The second-order valence-electron chi connectivity index (χ2n) is 5.73. The average molecular weight is 364 g/mol. The van der Waals surface area contributed by atoms with Crippen LogP contribution in [-0.2, 0) is 4.79 Å². The van der Waals surface area contributed by atoms with Crippen LogP contribution in [0.15, 0.2) is 71.4 Å². The lowest BCUT2D eigenvalue weighted by Gasteiger charge is -2.22. The first kappa shape index (κ1) is 16.3. The van der Waals surface area contributed by atoms with Gasteiger partial charge in [0.15, 0.2) is 10.9 Å². The number of thiazole rings is 1. The van der Waals surface area contributed by atoms with Gasteiger partial charge in [0.1, 0.15) is 5.69 Å². The fourth-order valence-electron chi connectivity index (χ4n) is 2.70. The Balaban J connectivity index is 1.71. The van der Waals surface area contributed by atoms with Gasteiger partial charge in [-0.05, 0) is 42.0 Å². The Labute approximate surface area is 154 Å². The van der Waals surface area contributed by atoms with Crippen LogP contribution in [0.1, 0.15) is 6.92 Å². The van der Waals surface area contributed by atoms with E-state index in [1.54, 1.807) is 30.0 Å². The molecule has 6 nitrogen and oxygen atoms in total. The van der Waals surface area contributed by atoms with Crippen molar-refractivity contribution >= 4 is 22.4 Å². The zero-order valence-corrected chi connectivity index (χ0v) is 14.9. The summed E-state index contributed by atoms with van der Waals surface area (Å²) in [4.78, 5) is 23.2. The summed E-state index contributed by atoms with van der Waals surface area (Å²) in [5.74, 6) is 0.636. The first-order chi connectivity index (χ1) is 12.7. The minimum absolute atomic E-state index is 0.0839. The number of rotatable bonds is 4. The molecular weight excluding hydrogens is 348 g/mol. The van der Waals surface area contributed by atoms with Gasteiger partial charge in [-0.1, -0.05) is 11.3 Å². The molecule has 130 valence electrons. The van der Waals surface area contributed by atoms with E-state index in [-0.39, 0.29) is 5.91 Å². The number of nitrogens with zero attached hydrogens (tertiary/aromatic N) is 3. The average Bonchev–Trinajstić information content (AvgIpc) is 3.32. The molecule has 4 rings (SSSR count). The quantitative estimate of drug-likeness (QED) is 0.762. The van der Waals surface area contributed by atoms with Gasteiger partial charge in [-0.15, -0.1) is 0 Å². The molecule has 0 bridgehead atoms. The fraction of sp³-hybridized carbons (Fsp3) is 0.105. The lowest BCUT2D eigenvalue weighted by molar-refractivity contribution is -0.118. The van der Waals surface area contributed by atoms with E-state index in [1.165, 1.54) is 6.92 Å². The van der Waals surface area contributed by atoms with Gasteiger partial charge >= 0.3 is 0 Å². The predicted molar refractivity (Wildman–Crippen MR) is 101 cm³/mol. The number of pyridine rings is 1. The van der Waals surface area contributed by atoms with Gasteiger partial charge in [-0.2, -0.15) is 0 Å². The molecule has 7 heteroatoms. The largest absolute Gasteiger partial charge is 0.463 e. The van der Waals surface area contributed by atoms with E-state index in [0.717, 1.165) is 32.7 Å². The van der Waals surface area contributed by atoms with Gasteiger partial charge in [0, 0.05) is 31.2 Å². The Morgan fingerprint density at radius 2 is 2.15 bits per heavy atom. The Hall–Kier alpha value is -3.19. The van der Waals surface area contributed by atoms with E-state index in [1.807, 2.05) is 47.5 Å². The first-order valence-electron chi connectivity index (χ1n) is 8.07. The Morgan fingerprint density at radius 1 is 1.31 bits per heavy atom. The zero-order chi connectivity index (χ0) is 17.9. The number of carbonyl (C=O) groups is 1. The summed E-state index contributed by atoms with van der Waals surface area (Å²) in [6.45, 7) is 2.06. The van der Waals surface area contributed by atoms with Crippen molar-refractivity contribution in [3.63, 3.8) is 0 Å². The molecule has 1 N–H and O–H groups in total. The van der Waals surface area contributed by atoms with Crippen molar-refractivity contribution in [2.75, 3.05) is 11.4 Å². The number of allylic oxidation sites excluding steroid dienone is 2. The summed E-state index contributed by atoms with van der Waals surface area (Å²) in [5, 5.41) is 3.67. The summed E-state index contributed by atoms with van der Waals surface area (Å²) in [7, 11) is 0. The minimum atomic E-state index is -0.0839. The smallest absolute Gasteiger partial charge is 0.221 e. The van der Waals surface area contributed by atoms with Crippen LogP contribution >= 0.6 is 11.3 Å². The summed E-state index contributed by atoms with van der Waals surface area (Å²) < 4.78 is 5.58. The number of amides is 1. The number of hydrogen-bond acceptors (Lipinski definition) is 6. The molecule has 0 fully saturated rings. The molecule has 1 amide bonds. The van der Waals surface area contributed by atoms with Crippen molar-refractivity contribution < 1.29 is 9.21 Å². The molecule has 0 unspecified atom stereocenters. The molecule has 0 atom stereocenters. The molecule has 0 aliphatic carbocycles. The van der Waals surface area contributed by atoms with Gasteiger partial charge in [0.05, 0.1) is 17.7 Å². The third-order valence-electron chi connectivity index (χ3n) is 3.80. The highest BCUT2D eigenvalue weighted by Crippen LogP contribution is 2.40. The molecule has 0 saturated carbocycles. The van der Waals surface area contributed by atoms with Crippen LogP contribution in [0.25, 0.3) is 21.9 Å². The number of nitrogens with one attached hydrogen (secondary N) is 1. The van der Waals surface area contributed by atoms with Gasteiger partial charge in [-0.25, -0.2) is 4.98 Å². The highest BCUT2D eigenvalue weighted by atomic mass is 32.1. The molecular formula is C19H16N4O2S. The highest BCUT2D eigenvalue weighted by molar-refractivity contribution is 7.19. The third kappa shape index (κ3) is 3.29. The molecule has 3 aromatic heterocycles. The molecule has 1 aliphatic rings. The SMILES string of the molecule is CC(=O)NC1=CC=CN(c2nc(-c3ccco3)c(-c3ccncc3)s2)C1. The maximum Gasteiger partial charge on any atom is 0.221 e. The number of carbonyl (C=O) groups excluding carboxylic acids is 1. The first-order valence-corrected chi connectivity index (χ1v) is 8.89. The van der Waals surface area contributed by atoms with Crippen molar-refractivity contribution in [1.29, 1.82) is 0 Å². The fourth-order valence-corrected chi connectivity index (χ4v) is 3.76. The highest BCUT2D eigenvalue weighted by Gasteiger charge is 2.21. The van der Waals surface area contributed by atoms with Crippen LogP contribution < -0.4 is 10.2 Å². The van der Waals surface area contributed by atoms with Crippen LogP contribution in [0.4, 0.5) is 5.13 Å². The predicted octanol–water partition coefficient (Wildman–Crippen LogP) is 3.82. The number of furan rings is 1. The topological polar surface area (TPSA) is 71.3 Å². The van der Waals surface area contributed by atoms with Gasteiger partial charge in [0.25, 0.3) is 0 Å². The lowest BCUT2D eigenvalue weighted by Crippen LogP contribution is -2.30. The normalized spacial score (nSPS) is 13.6. The molecule has 0 aromatic carbocycles. The molecule has 0 radical (unpaired) electrons. The Kier molecular flexibility index (Phi) is 4.37. The van der Waals surface area contributed by atoms with Crippen LogP contribution in [0.2, 0.25) is 0 Å².